The van der Waals surface area contributed by atoms with Crippen LogP contribution in [0.2, 0.25) is 0 Å². The van der Waals surface area contributed by atoms with Crippen LogP contribution in [0.1, 0.15) is 17.3 Å². The predicted molar refractivity (Wildman–Crippen MR) is 129 cm³/mol. The normalized spacial score (nSPS) is 10.9. The first kappa shape index (κ1) is 22.9. The third-order valence-corrected chi connectivity index (χ3v) is 5.22. The fourth-order valence-corrected chi connectivity index (χ4v) is 3.56. The molecule has 0 fully saturated rings. The summed E-state index contributed by atoms with van der Waals surface area (Å²) in [5.74, 6) is 0.396. The number of nitrogens with zero attached hydrogens (tertiary/aromatic N) is 4. The first-order valence-corrected chi connectivity index (χ1v) is 10.6. The molecular formula is C24H24N6O4. The molecule has 2 heterocycles. The van der Waals surface area contributed by atoms with E-state index in [-0.39, 0.29) is 11.3 Å². The molecule has 0 saturated carbocycles. The summed E-state index contributed by atoms with van der Waals surface area (Å²) >= 11 is 0. The molecule has 0 aliphatic heterocycles. The van der Waals surface area contributed by atoms with E-state index in [0.29, 0.717) is 52.4 Å². The Balaban J connectivity index is 1.64. The van der Waals surface area contributed by atoms with Crippen molar-refractivity contribution in [1.82, 2.24) is 19.3 Å². The molecule has 174 valence electrons. The van der Waals surface area contributed by atoms with Crippen molar-refractivity contribution in [2.24, 2.45) is 7.05 Å². The van der Waals surface area contributed by atoms with Crippen molar-refractivity contribution in [1.29, 1.82) is 0 Å². The largest absolute Gasteiger partial charge is 0.383 e. The number of amides is 2. The van der Waals surface area contributed by atoms with Gasteiger partial charge in [0.1, 0.15) is 5.82 Å². The lowest BCUT2D eigenvalue weighted by Gasteiger charge is -2.13. The molecule has 0 aliphatic carbocycles. The Morgan fingerprint density at radius 3 is 2.53 bits per heavy atom. The Morgan fingerprint density at radius 1 is 1.09 bits per heavy atom. The molecule has 2 N–H and O–H groups in total. The van der Waals surface area contributed by atoms with Crippen LogP contribution in [0.15, 0.2) is 59.7 Å². The summed E-state index contributed by atoms with van der Waals surface area (Å²) in [6.07, 6.45) is 3.44. The minimum atomic E-state index is -0.500. The van der Waals surface area contributed by atoms with E-state index in [1.54, 1.807) is 78.3 Å². The Morgan fingerprint density at radius 2 is 1.85 bits per heavy atom. The van der Waals surface area contributed by atoms with Gasteiger partial charge in [-0.15, -0.1) is 0 Å². The Bertz CT molecular complexity index is 1440. The van der Waals surface area contributed by atoms with Gasteiger partial charge in [0.05, 0.1) is 35.8 Å². The van der Waals surface area contributed by atoms with E-state index in [0.717, 1.165) is 0 Å². The number of rotatable bonds is 7. The van der Waals surface area contributed by atoms with E-state index in [4.69, 9.17) is 4.74 Å². The average molecular weight is 460 g/mol. The van der Waals surface area contributed by atoms with Crippen molar-refractivity contribution in [3.63, 3.8) is 0 Å². The zero-order valence-electron chi connectivity index (χ0n) is 19.0. The quantitative estimate of drug-likeness (QED) is 0.409. The lowest BCUT2D eigenvalue weighted by Crippen LogP contribution is -2.25. The topological polar surface area (TPSA) is 120 Å². The molecule has 0 aliphatic rings. The molecule has 0 unspecified atom stereocenters. The van der Waals surface area contributed by atoms with Gasteiger partial charge in [-0.05, 0) is 37.3 Å². The summed E-state index contributed by atoms with van der Waals surface area (Å²) in [5, 5.41) is 9.95. The molecule has 34 heavy (non-hydrogen) atoms. The fourth-order valence-electron chi connectivity index (χ4n) is 3.56. The Kier molecular flexibility index (Phi) is 6.51. The number of ketones is 1. The van der Waals surface area contributed by atoms with Gasteiger partial charge >= 0.3 is 6.03 Å². The molecular weight excluding hydrogens is 436 g/mol. The summed E-state index contributed by atoms with van der Waals surface area (Å²) in [5.41, 5.74) is 2.37. The number of anilines is 2. The number of ether oxygens (including phenoxy) is 1. The highest BCUT2D eigenvalue weighted by atomic mass is 16.5. The van der Waals surface area contributed by atoms with Gasteiger partial charge in [0.25, 0.3) is 5.56 Å². The summed E-state index contributed by atoms with van der Waals surface area (Å²) in [6.45, 7) is 2.11. The molecule has 2 aromatic carbocycles. The summed E-state index contributed by atoms with van der Waals surface area (Å²) in [4.78, 5) is 42.1. The highest BCUT2D eigenvalue weighted by Gasteiger charge is 2.15. The Hall–Kier alpha value is -4.31. The van der Waals surface area contributed by atoms with Crippen molar-refractivity contribution in [2.75, 3.05) is 24.4 Å². The number of carbonyl (C=O) groups excluding carboxylic acids is 2. The molecule has 0 bridgehead atoms. The van der Waals surface area contributed by atoms with E-state index in [1.807, 2.05) is 0 Å². The van der Waals surface area contributed by atoms with Gasteiger partial charge in [0, 0.05) is 37.3 Å². The lowest BCUT2D eigenvalue weighted by atomic mass is 10.1. The molecule has 0 atom stereocenters. The van der Waals surface area contributed by atoms with Crippen molar-refractivity contribution in [3.05, 3.63) is 70.8 Å². The molecule has 4 rings (SSSR count). The van der Waals surface area contributed by atoms with Crippen LogP contribution in [-0.2, 0) is 18.3 Å². The monoisotopic (exact) mass is 460 g/mol. The van der Waals surface area contributed by atoms with Crippen molar-refractivity contribution >= 4 is 34.1 Å². The minimum absolute atomic E-state index is 0.0958. The fraction of sp³-hybridized carbons (Fsp3) is 0.208. The van der Waals surface area contributed by atoms with Crippen LogP contribution in [0.25, 0.3) is 22.3 Å². The van der Waals surface area contributed by atoms with Crippen LogP contribution in [0.5, 0.6) is 0 Å². The summed E-state index contributed by atoms with van der Waals surface area (Å²) < 4.78 is 8.35. The van der Waals surface area contributed by atoms with Gasteiger partial charge in [-0.3, -0.25) is 18.8 Å². The van der Waals surface area contributed by atoms with Gasteiger partial charge in [0.2, 0.25) is 0 Å². The summed E-state index contributed by atoms with van der Waals surface area (Å²) in [6, 6.07) is 11.1. The van der Waals surface area contributed by atoms with Crippen LogP contribution in [0, 0.1) is 0 Å². The number of hydrogen-bond acceptors (Lipinski definition) is 6. The number of aromatic nitrogens is 4. The maximum atomic E-state index is 13.3. The van der Waals surface area contributed by atoms with Gasteiger partial charge < -0.3 is 15.4 Å². The second kappa shape index (κ2) is 9.67. The lowest BCUT2D eigenvalue weighted by molar-refractivity contribution is 0.101. The van der Waals surface area contributed by atoms with Crippen molar-refractivity contribution in [2.45, 2.75) is 13.5 Å². The first-order chi connectivity index (χ1) is 16.4. The van der Waals surface area contributed by atoms with Gasteiger partial charge in [-0.2, -0.15) is 5.10 Å². The highest BCUT2D eigenvalue weighted by Crippen LogP contribution is 2.21. The van der Waals surface area contributed by atoms with Crippen LogP contribution in [0.4, 0.5) is 16.2 Å². The summed E-state index contributed by atoms with van der Waals surface area (Å²) in [7, 11) is 3.36. The molecule has 10 nitrogen and oxygen atoms in total. The van der Waals surface area contributed by atoms with E-state index in [1.165, 1.54) is 6.92 Å². The number of methoxy groups -OCH3 is 1. The van der Waals surface area contributed by atoms with Crippen molar-refractivity contribution in [3.8, 4) is 11.4 Å². The van der Waals surface area contributed by atoms with Crippen LogP contribution < -0.4 is 16.2 Å². The van der Waals surface area contributed by atoms with Crippen molar-refractivity contribution < 1.29 is 14.3 Å². The SMILES string of the molecule is COCCn1c(-c2cnn(C)c2)nc2ccc(NC(=O)Nc3cccc(C(C)=O)c3)cc2c1=O. The number of carbonyl (C=O) groups is 2. The molecule has 2 amide bonds. The van der Waals surface area contributed by atoms with Gasteiger partial charge in [0.15, 0.2) is 5.78 Å². The maximum Gasteiger partial charge on any atom is 0.323 e. The second-order valence-electron chi connectivity index (χ2n) is 7.74. The van der Waals surface area contributed by atoms with Crippen LogP contribution >= 0.6 is 0 Å². The molecule has 0 spiro atoms. The average Bonchev–Trinajstić information content (AvgIpc) is 3.24. The third-order valence-electron chi connectivity index (χ3n) is 5.22. The second-order valence-corrected chi connectivity index (χ2v) is 7.74. The number of nitrogens with one attached hydrogen (secondary N) is 2. The predicted octanol–water partition coefficient (Wildman–Crippen LogP) is 3.29. The molecule has 10 heteroatoms. The Labute approximate surface area is 195 Å². The molecule has 4 aromatic rings. The standard InChI is InChI=1S/C24H24N6O4/c1-15(31)16-5-4-6-18(11-16)26-24(33)27-19-7-8-21-20(12-19)23(32)30(9-10-34-3)22(28-21)17-13-25-29(2)14-17/h4-8,11-14H,9-10H2,1-3H3,(H2,26,27,33). The van der Waals surface area contributed by atoms with E-state index >= 15 is 0 Å². The number of aryl methyl sites for hydroxylation is 1. The van der Waals surface area contributed by atoms with E-state index in [9.17, 15) is 14.4 Å². The molecule has 0 saturated heterocycles. The molecule has 0 radical (unpaired) electrons. The number of Topliss-reactive ketones (excluding diaryl/α,β-unsaturated/α-hetero) is 1. The highest BCUT2D eigenvalue weighted by molar-refractivity contribution is 6.02. The minimum Gasteiger partial charge on any atom is -0.383 e. The maximum absolute atomic E-state index is 13.3. The van der Waals surface area contributed by atoms with Gasteiger partial charge in [-0.1, -0.05) is 12.1 Å². The zero-order chi connectivity index (χ0) is 24.2. The first-order valence-electron chi connectivity index (χ1n) is 10.6. The third kappa shape index (κ3) is 4.86. The number of benzene rings is 2. The van der Waals surface area contributed by atoms with E-state index < -0.39 is 6.03 Å². The van der Waals surface area contributed by atoms with Crippen LogP contribution in [0.3, 0.4) is 0 Å². The number of fused-ring (bicyclic) bond motifs is 1. The molecule has 2 aromatic heterocycles. The van der Waals surface area contributed by atoms with E-state index in [2.05, 4.69) is 20.7 Å². The zero-order valence-corrected chi connectivity index (χ0v) is 19.0. The van der Waals surface area contributed by atoms with Crippen LogP contribution in [-0.4, -0.2) is 44.9 Å². The number of hydrogen-bond donors (Lipinski definition) is 2. The number of urea groups is 1. The smallest absolute Gasteiger partial charge is 0.323 e. The van der Waals surface area contributed by atoms with Gasteiger partial charge in [-0.25, -0.2) is 9.78 Å².